The topological polar surface area (TPSA) is 80.2 Å². The molecule has 0 saturated heterocycles. The Morgan fingerprint density at radius 3 is 2.62 bits per heavy atom. The third-order valence-electron chi connectivity index (χ3n) is 1.54. The minimum atomic E-state index is -0.341. The van der Waals surface area contributed by atoms with Gasteiger partial charge in [-0.1, -0.05) is 0 Å². The van der Waals surface area contributed by atoms with Gasteiger partial charge in [0.2, 0.25) is 0 Å². The summed E-state index contributed by atoms with van der Waals surface area (Å²) in [5.41, 5.74) is 3.75. The molecule has 76 valence electrons. The molecule has 0 radical (unpaired) electrons. The maximum absolute atomic E-state index is 10.6. The molecule has 0 rings (SSSR count). The number of carbonyl (C=O) groups is 2. The molecule has 13 heavy (non-hydrogen) atoms. The van der Waals surface area contributed by atoms with E-state index in [0.29, 0.717) is 12.9 Å². The third kappa shape index (κ3) is 6.10. The van der Waals surface area contributed by atoms with Crippen molar-refractivity contribution in [2.45, 2.75) is 32.4 Å². The smallest absolute Gasteiger partial charge is 0.303 e. The van der Waals surface area contributed by atoms with Gasteiger partial charge < -0.3 is 15.2 Å². The van der Waals surface area contributed by atoms with Gasteiger partial charge in [0.15, 0.2) is 6.10 Å². The number of esters is 1. The minimum Gasteiger partial charge on any atom is -0.468 e. The van der Waals surface area contributed by atoms with Crippen molar-refractivity contribution in [1.29, 1.82) is 0 Å². The summed E-state index contributed by atoms with van der Waals surface area (Å²) in [4.78, 5) is 20.5. The summed E-state index contributed by atoms with van der Waals surface area (Å²) in [6.45, 7) is 3.81. The highest BCUT2D eigenvalue weighted by molar-refractivity contribution is 5.66. The van der Waals surface area contributed by atoms with Crippen LogP contribution in [0.2, 0.25) is 0 Å². The lowest BCUT2D eigenvalue weighted by Gasteiger charge is -2.17. The van der Waals surface area contributed by atoms with Crippen LogP contribution in [-0.2, 0) is 19.1 Å². The lowest BCUT2D eigenvalue weighted by atomic mass is 10.1. The summed E-state index contributed by atoms with van der Waals surface area (Å²) >= 11 is 0. The molecule has 0 heterocycles. The molecule has 3 N–H and O–H groups in total. The van der Waals surface area contributed by atoms with E-state index in [-0.39, 0.29) is 24.7 Å². The van der Waals surface area contributed by atoms with Crippen molar-refractivity contribution in [1.82, 2.24) is 0 Å². The van der Waals surface area contributed by atoms with E-state index < -0.39 is 0 Å². The molecule has 0 aliphatic carbocycles. The van der Waals surface area contributed by atoms with E-state index in [1.54, 1.807) is 0 Å². The second-order valence-electron chi connectivity index (χ2n) is 2.88. The van der Waals surface area contributed by atoms with Gasteiger partial charge >= 0.3 is 5.97 Å². The Bertz CT molecular complexity index is 170. The van der Waals surface area contributed by atoms with Crippen LogP contribution < -0.4 is 5.73 Å². The number of rotatable bonds is 6. The fraction of sp³-hybridized carbons (Fsp3) is 0.750. The van der Waals surface area contributed by atoms with Crippen LogP contribution in [0.15, 0.2) is 0 Å². The highest BCUT2D eigenvalue weighted by atomic mass is 16.5. The Morgan fingerprint density at radius 2 is 2.23 bits per heavy atom. The van der Waals surface area contributed by atoms with Crippen LogP contribution in [0.3, 0.4) is 0 Å². The number of ether oxygens (including phenoxy) is 2. The molecule has 5 heteroatoms. The molecule has 0 aromatic rings. The van der Waals surface area contributed by atoms with Crippen molar-refractivity contribution in [2.75, 3.05) is 6.61 Å². The van der Waals surface area contributed by atoms with Gasteiger partial charge in [0.05, 0.1) is 6.61 Å². The van der Waals surface area contributed by atoms with Crippen LogP contribution in [0.25, 0.3) is 0 Å². The maximum Gasteiger partial charge on any atom is 0.303 e. The van der Waals surface area contributed by atoms with Crippen LogP contribution in [0, 0.1) is 0 Å². The Balaban J connectivity index is 3.80. The van der Waals surface area contributed by atoms with Gasteiger partial charge in [-0.05, 0) is 6.92 Å². The Hall–Kier alpha value is -1.10. The normalized spacial score (nSPS) is 14.4. The first kappa shape index (κ1) is 11.9. The van der Waals surface area contributed by atoms with Gasteiger partial charge in [-0.15, -0.1) is 0 Å². The lowest BCUT2D eigenvalue weighted by molar-refractivity contribution is -0.432. The molecule has 5 nitrogen and oxygen atoms in total. The molecular formula is C8H16NO4+. The average molecular weight is 190 g/mol. The van der Waals surface area contributed by atoms with Crippen LogP contribution in [-0.4, -0.2) is 31.2 Å². The van der Waals surface area contributed by atoms with Crippen molar-refractivity contribution in [3.63, 3.8) is 0 Å². The highest BCUT2D eigenvalue weighted by Gasteiger charge is 2.19. The molecule has 0 saturated carbocycles. The van der Waals surface area contributed by atoms with Crippen molar-refractivity contribution in [3.05, 3.63) is 0 Å². The molecule has 0 aliphatic rings. The highest BCUT2D eigenvalue weighted by Crippen LogP contribution is 2.02. The predicted molar refractivity (Wildman–Crippen MR) is 44.5 cm³/mol. The summed E-state index contributed by atoms with van der Waals surface area (Å²) in [5.74, 6) is -0.341. The van der Waals surface area contributed by atoms with Gasteiger partial charge in [0.25, 0.3) is 6.47 Å². The standard InChI is InChI=1S/C8H15NO4/c1-6(9)8(13-7(2)11)3-4-12-5-10/h5-6,8H,3-4,9H2,1-2H3/p+1. The van der Waals surface area contributed by atoms with Crippen molar-refractivity contribution >= 4 is 12.4 Å². The molecule has 2 unspecified atom stereocenters. The van der Waals surface area contributed by atoms with Crippen molar-refractivity contribution in [3.8, 4) is 0 Å². The Labute approximate surface area is 77.2 Å². The first-order chi connectivity index (χ1) is 6.07. The molecule has 0 aliphatic heterocycles. The number of quaternary nitrogens is 1. The minimum absolute atomic E-state index is 0.0147. The van der Waals surface area contributed by atoms with E-state index in [1.807, 2.05) is 6.92 Å². The number of hydrogen-bond acceptors (Lipinski definition) is 4. The molecular weight excluding hydrogens is 174 g/mol. The Kier molecular flexibility index (Phi) is 5.88. The van der Waals surface area contributed by atoms with Gasteiger partial charge in [-0.2, -0.15) is 0 Å². The largest absolute Gasteiger partial charge is 0.468 e. The first-order valence-corrected chi connectivity index (χ1v) is 4.13. The van der Waals surface area contributed by atoms with E-state index in [9.17, 15) is 9.59 Å². The van der Waals surface area contributed by atoms with Crippen LogP contribution >= 0.6 is 0 Å². The third-order valence-corrected chi connectivity index (χ3v) is 1.54. The second-order valence-corrected chi connectivity index (χ2v) is 2.88. The molecule has 0 spiro atoms. The molecule has 0 bridgehead atoms. The van der Waals surface area contributed by atoms with E-state index in [2.05, 4.69) is 10.5 Å². The fourth-order valence-electron chi connectivity index (χ4n) is 0.905. The van der Waals surface area contributed by atoms with Gasteiger partial charge in [0, 0.05) is 13.3 Å². The predicted octanol–water partition coefficient (Wildman–Crippen LogP) is -0.888. The monoisotopic (exact) mass is 190 g/mol. The summed E-state index contributed by atoms with van der Waals surface area (Å²) in [5, 5.41) is 0. The lowest BCUT2D eigenvalue weighted by Crippen LogP contribution is -2.65. The summed E-state index contributed by atoms with van der Waals surface area (Å²) < 4.78 is 9.46. The van der Waals surface area contributed by atoms with Gasteiger partial charge in [0.1, 0.15) is 6.04 Å². The zero-order valence-corrected chi connectivity index (χ0v) is 7.99. The molecule has 0 fully saturated rings. The number of carbonyl (C=O) groups excluding carboxylic acids is 2. The van der Waals surface area contributed by atoms with Crippen LogP contribution in [0.4, 0.5) is 0 Å². The zero-order valence-electron chi connectivity index (χ0n) is 7.99. The van der Waals surface area contributed by atoms with Gasteiger partial charge in [-0.3, -0.25) is 9.59 Å². The van der Waals surface area contributed by atoms with E-state index in [1.165, 1.54) is 6.92 Å². The molecule has 0 aromatic carbocycles. The second kappa shape index (κ2) is 6.42. The van der Waals surface area contributed by atoms with E-state index in [0.717, 1.165) is 0 Å². The molecule has 0 aromatic heterocycles. The van der Waals surface area contributed by atoms with Crippen molar-refractivity contribution in [2.24, 2.45) is 0 Å². The zero-order chi connectivity index (χ0) is 10.3. The van der Waals surface area contributed by atoms with Gasteiger partial charge in [-0.25, -0.2) is 0 Å². The van der Waals surface area contributed by atoms with Crippen molar-refractivity contribution < 1.29 is 24.8 Å². The number of hydrogen-bond donors (Lipinski definition) is 1. The SMILES string of the molecule is CC(=O)OC(CCOC=O)C(C)[NH3+]. The van der Waals surface area contributed by atoms with Crippen LogP contribution in [0.5, 0.6) is 0 Å². The van der Waals surface area contributed by atoms with Crippen LogP contribution in [0.1, 0.15) is 20.3 Å². The summed E-state index contributed by atoms with van der Waals surface area (Å²) in [6.07, 6.45) is 0.209. The van der Waals surface area contributed by atoms with E-state index in [4.69, 9.17) is 4.74 Å². The molecule has 0 amide bonds. The average Bonchev–Trinajstić information content (AvgIpc) is 2.02. The Morgan fingerprint density at radius 1 is 1.62 bits per heavy atom. The summed E-state index contributed by atoms with van der Waals surface area (Å²) in [7, 11) is 0. The first-order valence-electron chi connectivity index (χ1n) is 4.13. The molecule has 2 atom stereocenters. The quantitative estimate of drug-likeness (QED) is 0.335. The summed E-state index contributed by atoms with van der Waals surface area (Å²) in [6, 6.07) is -0.0147. The van der Waals surface area contributed by atoms with E-state index >= 15 is 0 Å². The fourth-order valence-corrected chi connectivity index (χ4v) is 0.905. The maximum atomic E-state index is 10.6.